The fourth-order valence-corrected chi connectivity index (χ4v) is 1.60. The lowest BCUT2D eigenvalue weighted by atomic mass is 10.0. The Morgan fingerprint density at radius 3 is 2.44 bits per heavy atom. The number of carbonyl (C=O) groups is 1. The summed E-state index contributed by atoms with van der Waals surface area (Å²) in [6.07, 6.45) is 0.167. The number of rotatable bonds is 3. The van der Waals surface area contributed by atoms with E-state index in [0.29, 0.717) is 0 Å². The molecule has 0 bridgehead atoms. The van der Waals surface area contributed by atoms with E-state index in [2.05, 4.69) is 4.98 Å². The molecule has 5 heteroatoms. The summed E-state index contributed by atoms with van der Waals surface area (Å²) in [7, 11) is 0. The van der Waals surface area contributed by atoms with E-state index in [0.717, 1.165) is 11.6 Å². The van der Waals surface area contributed by atoms with Gasteiger partial charge in [0.2, 0.25) is 11.9 Å². The first-order valence-corrected chi connectivity index (χ1v) is 5.20. The lowest BCUT2D eigenvalue weighted by molar-refractivity contribution is 0.0690. The zero-order chi connectivity index (χ0) is 13.1. The molecule has 0 spiro atoms. The van der Waals surface area contributed by atoms with E-state index < -0.39 is 23.4 Å². The van der Waals surface area contributed by atoms with Crippen molar-refractivity contribution in [3.63, 3.8) is 0 Å². The number of benzene rings is 1. The minimum absolute atomic E-state index is 0.0556. The Bertz CT molecular complexity index is 585. The van der Waals surface area contributed by atoms with Gasteiger partial charge in [-0.15, -0.1) is 0 Å². The Morgan fingerprint density at radius 1 is 1.17 bits per heavy atom. The lowest BCUT2D eigenvalue weighted by Gasteiger charge is -2.05. The first-order valence-electron chi connectivity index (χ1n) is 5.20. The Hall–Kier alpha value is -2.30. The topological polar surface area (TPSA) is 50.2 Å². The van der Waals surface area contributed by atoms with Crippen molar-refractivity contribution >= 4 is 5.97 Å². The van der Waals surface area contributed by atoms with Gasteiger partial charge in [0.25, 0.3) is 0 Å². The number of pyridine rings is 1. The Labute approximate surface area is 102 Å². The molecule has 0 amide bonds. The smallest absolute Gasteiger partial charge is 0.340 e. The molecule has 0 unspecified atom stereocenters. The van der Waals surface area contributed by atoms with Gasteiger partial charge in [0.05, 0.1) is 0 Å². The highest BCUT2D eigenvalue weighted by Crippen LogP contribution is 2.15. The zero-order valence-electron chi connectivity index (χ0n) is 9.23. The molecule has 2 rings (SSSR count). The molecule has 0 saturated carbocycles. The average molecular weight is 249 g/mol. The van der Waals surface area contributed by atoms with Crippen LogP contribution >= 0.6 is 0 Å². The van der Waals surface area contributed by atoms with E-state index in [4.69, 9.17) is 5.11 Å². The molecule has 1 heterocycles. The summed E-state index contributed by atoms with van der Waals surface area (Å²) < 4.78 is 26.5. The summed E-state index contributed by atoms with van der Waals surface area (Å²) in [5.41, 5.74) is 0.225. The summed E-state index contributed by atoms with van der Waals surface area (Å²) in [5, 5.41) is 8.74. The van der Waals surface area contributed by atoms with Crippen molar-refractivity contribution in [1.82, 2.24) is 4.98 Å². The number of aromatic carboxylic acids is 1. The Morgan fingerprint density at radius 2 is 1.83 bits per heavy atom. The largest absolute Gasteiger partial charge is 0.478 e. The molecule has 92 valence electrons. The molecule has 0 aliphatic carbocycles. The third kappa shape index (κ3) is 2.51. The second-order valence-electron chi connectivity index (χ2n) is 3.74. The van der Waals surface area contributed by atoms with Gasteiger partial charge in [-0.3, -0.25) is 0 Å². The number of hydrogen-bond donors (Lipinski definition) is 1. The van der Waals surface area contributed by atoms with Crippen LogP contribution in [0.1, 0.15) is 21.5 Å². The third-order valence-electron chi connectivity index (χ3n) is 2.47. The maximum Gasteiger partial charge on any atom is 0.340 e. The van der Waals surface area contributed by atoms with E-state index in [1.165, 1.54) is 0 Å². The van der Waals surface area contributed by atoms with Gasteiger partial charge in [-0.05, 0) is 11.6 Å². The standard InChI is InChI=1S/C13H9F2NO2/c14-11-9(6-8-4-2-1-3-5-8)7-10(13(17)18)12(15)16-11/h1-5,7H,6H2,(H,17,18). The minimum atomic E-state index is -1.46. The summed E-state index contributed by atoms with van der Waals surface area (Å²) >= 11 is 0. The van der Waals surface area contributed by atoms with Crippen LogP contribution in [0.5, 0.6) is 0 Å². The summed E-state index contributed by atoms with van der Waals surface area (Å²) in [6.45, 7) is 0. The van der Waals surface area contributed by atoms with E-state index in [1.807, 2.05) is 6.07 Å². The molecule has 1 aromatic carbocycles. The molecule has 0 saturated heterocycles. The second kappa shape index (κ2) is 4.91. The van der Waals surface area contributed by atoms with Crippen LogP contribution in [0.2, 0.25) is 0 Å². The summed E-state index contributed by atoms with van der Waals surface area (Å²) in [6, 6.07) is 9.88. The highest BCUT2D eigenvalue weighted by atomic mass is 19.1. The molecule has 0 aliphatic heterocycles. The van der Waals surface area contributed by atoms with Gasteiger partial charge in [-0.25, -0.2) is 4.79 Å². The van der Waals surface area contributed by atoms with Crippen LogP contribution in [-0.4, -0.2) is 16.1 Å². The van der Waals surface area contributed by atoms with Gasteiger partial charge in [-0.1, -0.05) is 30.3 Å². The monoisotopic (exact) mass is 249 g/mol. The van der Waals surface area contributed by atoms with Gasteiger partial charge in [-0.2, -0.15) is 13.8 Å². The van der Waals surface area contributed by atoms with Crippen LogP contribution in [0.4, 0.5) is 8.78 Å². The number of nitrogens with zero attached hydrogens (tertiary/aromatic N) is 1. The van der Waals surface area contributed by atoms with Crippen LogP contribution < -0.4 is 0 Å². The van der Waals surface area contributed by atoms with Gasteiger partial charge >= 0.3 is 5.97 Å². The Kier molecular flexibility index (Phi) is 3.32. The normalized spacial score (nSPS) is 10.3. The highest BCUT2D eigenvalue weighted by Gasteiger charge is 2.16. The molecule has 2 aromatic rings. The van der Waals surface area contributed by atoms with E-state index >= 15 is 0 Å². The number of halogens is 2. The van der Waals surface area contributed by atoms with Crippen molar-refractivity contribution in [2.75, 3.05) is 0 Å². The first kappa shape index (κ1) is 12.2. The summed E-state index contributed by atoms with van der Waals surface area (Å²) in [4.78, 5) is 13.7. The van der Waals surface area contributed by atoms with Crippen LogP contribution in [0.25, 0.3) is 0 Å². The summed E-state index contributed by atoms with van der Waals surface area (Å²) in [5.74, 6) is -3.76. The third-order valence-corrected chi connectivity index (χ3v) is 2.47. The van der Waals surface area contributed by atoms with Gasteiger partial charge in [0.1, 0.15) is 5.56 Å². The van der Waals surface area contributed by atoms with Crippen molar-refractivity contribution in [3.8, 4) is 0 Å². The number of aromatic nitrogens is 1. The SMILES string of the molecule is O=C(O)c1cc(Cc2ccccc2)c(F)nc1F. The number of hydrogen-bond acceptors (Lipinski definition) is 2. The zero-order valence-corrected chi connectivity index (χ0v) is 9.23. The van der Waals surface area contributed by atoms with E-state index in [9.17, 15) is 13.6 Å². The molecular formula is C13H9F2NO2. The van der Waals surface area contributed by atoms with Gasteiger partial charge < -0.3 is 5.11 Å². The van der Waals surface area contributed by atoms with Crippen molar-refractivity contribution in [2.24, 2.45) is 0 Å². The molecule has 0 radical (unpaired) electrons. The fraction of sp³-hybridized carbons (Fsp3) is 0.0769. The first-order chi connectivity index (χ1) is 8.58. The van der Waals surface area contributed by atoms with E-state index in [1.54, 1.807) is 24.3 Å². The Balaban J connectivity index is 2.39. The van der Waals surface area contributed by atoms with Crippen molar-refractivity contribution in [3.05, 3.63) is 65.0 Å². The van der Waals surface area contributed by atoms with Gasteiger partial charge in [0, 0.05) is 12.0 Å². The average Bonchev–Trinajstić information content (AvgIpc) is 2.33. The predicted octanol–water partition coefficient (Wildman–Crippen LogP) is 2.65. The molecule has 0 fully saturated rings. The highest BCUT2D eigenvalue weighted by molar-refractivity contribution is 5.87. The quantitative estimate of drug-likeness (QED) is 0.851. The molecule has 1 aromatic heterocycles. The molecule has 1 N–H and O–H groups in total. The van der Waals surface area contributed by atoms with Crippen molar-refractivity contribution in [1.29, 1.82) is 0 Å². The fourth-order valence-electron chi connectivity index (χ4n) is 1.60. The van der Waals surface area contributed by atoms with Crippen molar-refractivity contribution < 1.29 is 18.7 Å². The number of carboxylic acid groups (broad SMARTS) is 1. The van der Waals surface area contributed by atoms with Crippen molar-refractivity contribution in [2.45, 2.75) is 6.42 Å². The maximum absolute atomic E-state index is 13.4. The number of carboxylic acids is 1. The second-order valence-corrected chi connectivity index (χ2v) is 3.74. The van der Waals surface area contributed by atoms with E-state index in [-0.39, 0.29) is 12.0 Å². The van der Waals surface area contributed by atoms with Crippen LogP contribution in [0, 0.1) is 11.9 Å². The maximum atomic E-state index is 13.4. The molecule has 3 nitrogen and oxygen atoms in total. The van der Waals surface area contributed by atoms with Gasteiger partial charge in [0.15, 0.2) is 0 Å². The minimum Gasteiger partial charge on any atom is -0.478 e. The van der Waals surface area contributed by atoms with Crippen LogP contribution in [-0.2, 0) is 6.42 Å². The molecular weight excluding hydrogens is 240 g/mol. The molecule has 0 aliphatic rings. The molecule has 0 atom stereocenters. The lowest BCUT2D eigenvalue weighted by Crippen LogP contribution is -2.07. The van der Waals surface area contributed by atoms with Crippen LogP contribution in [0.15, 0.2) is 36.4 Å². The van der Waals surface area contributed by atoms with Crippen LogP contribution in [0.3, 0.4) is 0 Å². The predicted molar refractivity (Wildman–Crippen MR) is 60.4 cm³/mol. The molecule has 18 heavy (non-hydrogen) atoms.